The first-order valence-electron chi connectivity index (χ1n) is 5.41. The molecule has 0 aliphatic heterocycles. The number of carbonyl (C=O) groups excluding carboxylic acids is 1. The molecular formula is C13H17NO3. The van der Waals surface area contributed by atoms with Crippen molar-refractivity contribution in [1.29, 1.82) is 0 Å². The normalized spacial score (nSPS) is 9.76. The Labute approximate surface area is 101 Å². The van der Waals surface area contributed by atoms with Gasteiger partial charge in [-0.3, -0.25) is 4.79 Å². The molecule has 0 radical (unpaired) electrons. The molecule has 0 aliphatic carbocycles. The highest BCUT2D eigenvalue weighted by Crippen LogP contribution is 2.26. The van der Waals surface area contributed by atoms with Gasteiger partial charge in [0, 0.05) is 18.7 Å². The predicted molar refractivity (Wildman–Crippen MR) is 66.4 cm³/mol. The Morgan fingerprint density at radius 1 is 1.59 bits per heavy atom. The highest BCUT2D eigenvalue weighted by Gasteiger charge is 2.14. The number of carbonyl (C=O) groups is 1. The monoisotopic (exact) mass is 235 g/mol. The quantitative estimate of drug-likeness (QED) is 0.795. The van der Waals surface area contributed by atoms with Crippen LogP contribution in [0.4, 0.5) is 0 Å². The molecule has 0 saturated heterocycles. The van der Waals surface area contributed by atoms with Gasteiger partial charge in [-0.2, -0.15) is 0 Å². The van der Waals surface area contributed by atoms with Gasteiger partial charge in [-0.25, -0.2) is 0 Å². The van der Waals surface area contributed by atoms with Gasteiger partial charge in [0.05, 0.1) is 7.11 Å². The summed E-state index contributed by atoms with van der Waals surface area (Å²) in [5, 5.41) is 9.61. The van der Waals surface area contributed by atoms with E-state index < -0.39 is 0 Å². The number of phenols is 1. The molecule has 1 rings (SSSR count). The molecule has 1 aromatic rings. The van der Waals surface area contributed by atoms with Crippen LogP contribution in [0.1, 0.15) is 17.3 Å². The molecule has 17 heavy (non-hydrogen) atoms. The lowest BCUT2D eigenvalue weighted by molar-refractivity contribution is 0.0781. The number of likely N-dealkylation sites (N-methyl/N-ethyl adjacent to an activating group) is 1. The second-order valence-corrected chi connectivity index (χ2v) is 3.52. The van der Waals surface area contributed by atoms with Crippen molar-refractivity contribution in [2.24, 2.45) is 0 Å². The average molecular weight is 235 g/mol. The van der Waals surface area contributed by atoms with Crippen LogP contribution < -0.4 is 4.74 Å². The van der Waals surface area contributed by atoms with E-state index >= 15 is 0 Å². The van der Waals surface area contributed by atoms with Crippen molar-refractivity contribution < 1.29 is 14.6 Å². The van der Waals surface area contributed by atoms with Crippen LogP contribution in [0.25, 0.3) is 0 Å². The van der Waals surface area contributed by atoms with E-state index in [0.717, 1.165) is 0 Å². The molecule has 0 atom stereocenters. The molecule has 0 heterocycles. The van der Waals surface area contributed by atoms with Crippen molar-refractivity contribution in [2.45, 2.75) is 6.92 Å². The Morgan fingerprint density at radius 3 is 2.76 bits per heavy atom. The van der Waals surface area contributed by atoms with E-state index in [0.29, 0.717) is 24.4 Å². The van der Waals surface area contributed by atoms with Gasteiger partial charge in [0.2, 0.25) is 0 Å². The minimum atomic E-state index is -0.134. The van der Waals surface area contributed by atoms with Gasteiger partial charge in [-0.1, -0.05) is 6.08 Å². The summed E-state index contributed by atoms with van der Waals surface area (Å²) in [6, 6.07) is 4.61. The molecule has 1 N–H and O–H groups in total. The third kappa shape index (κ3) is 3.00. The topological polar surface area (TPSA) is 49.8 Å². The van der Waals surface area contributed by atoms with Crippen molar-refractivity contribution in [3.05, 3.63) is 36.4 Å². The van der Waals surface area contributed by atoms with Crippen molar-refractivity contribution in [1.82, 2.24) is 4.90 Å². The largest absolute Gasteiger partial charge is 0.504 e. The van der Waals surface area contributed by atoms with Crippen LogP contribution in [0, 0.1) is 0 Å². The van der Waals surface area contributed by atoms with Crippen LogP contribution in [0.2, 0.25) is 0 Å². The lowest BCUT2D eigenvalue weighted by atomic mass is 10.1. The van der Waals surface area contributed by atoms with Crippen molar-refractivity contribution in [3.63, 3.8) is 0 Å². The van der Waals surface area contributed by atoms with Crippen LogP contribution in [-0.2, 0) is 0 Å². The summed E-state index contributed by atoms with van der Waals surface area (Å²) in [7, 11) is 1.46. The number of nitrogens with zero attached hydrogens (tertiary/aromatic N) is 1. The fourth-order valence-electron chi connectivity index (χ4n) is 1.52. The zero-order chi connectivity index (χ0) is 12.8. The number of aromatic hydroxyl groups is 1. The van der Waals surface area contributed by atoms with Crippen molar-refractivity contribution in [3.8, 4) is 11.5 Å². The maximum Gasteiger partial charge on any atom is 0.254 e. The second kappa shape index (κ2) is 5.94. The highest BCUT2D eigenvalue weighted by atomic mass is 16.5. The fourth-order valence-corrected chi connectivity index (χ4v) is 1.52. The molecular weight excluding hydrogens is 218 g/mol. The highest BCUT2D eigenvalue weighted by molar-refractivity contribution is 5.95. The minimum Gasteiger partial charge on any atom is -0.504 e. The molecule has 1 amide bonds. The third-order valence-corrected chi connectivity index (χ3v) is 2.44. The first-order valence-corrected chi connectivity index (χ1v) is 5.41. The number of amides is 1. The number of rotatable bonds is 5. The summed E-state index contributed by atoms with van der Waals surface area (Å²) in [5.74, 6) is 0.187. The van der Waals surface area contributed by atoms with E-state index in [1.54, 1.807) is 23.1 Å². The number of phenolic OH excluding ortho intramolecular Hbond substituents is 1. The SMILES string of the molecule is C=CCN(CC)C(=O)c1ccc(OC)c(O)c1. The van der Waals surface area contributed by atoms with Crippen LogP contribution in [0.5, 0.6) is 11.5 Å². The van der Waals surface area contributed by atoms with Gasteiger partial charge < -0.3 is 14.7 Å². The maximum absolute atomic E-state index is 12.0. The second-order valence-electron chi connectivity index (χ2n) is 3.52. The minimum absolute atomic E-state index is 0.0343. The summed E-state index contributed by atoms with van der Waals surface area (Å²) in [6.07, 6.45) is 1.67. The van der Waals surface area contributed by atoms with Gasteiger partial charge in [0.1, 0.15) is 0 Å². The lowest BCUT2D eigenvalue weighted by Crippen LogP contribution is -2.30. The zero-order valence-corrected chi connectivity index (χ0v) is 10.1. The first kappa shape index (κ1) is 13.1. The van der Waals surface area contributed by atoms with Gasteiger partial charge in [-0.05, 0) is 25.1 Å². The molecule has 0 aliphatic rings. The number of methoxy groups -OCH3 is 1. The summed E-state index contributed by atoms with van der Waals surface area (Å²) >= 11 is 0. The predicted octanol–water partition coefficient (Wildman–Crippen LogP) is 2.05. The van der Waals surface area contributed by atoms with E-state index in [4.69, 9.17) is 4.74 Å². The van der Waals surface area contributed by atoms with Crippen LogP contribution in [0.15, 0.2) is 30.9 Å². The summed E-state index contributed by atoms with van der Waals surface area (Å²) in [6.45, 7) is 6.58. The molecule has 0 fully saturated rings. The number of hydrogen-bond acceptors (Lipinski definition) is 3. The van der Waals surface area contributed by atoms with Gasteiger partial charge in [0.25, 0.3) is 5.91 Å². The summed E-state index contributed by atoms with van der Waals surface area (Å²) in [4.78, 5) is 13.7. The number of benzene rings is 1. The Kier molecular flexibility index (Phi) is 4.57. The summed E-state index contributed by atoms with van der Waals surface area (Å²) < 4.78 is 4.92. The Hall–Kier alpha value is -1.97. The first-order chi connectivity index (χ1) is 8.13. The molecule has 0 unspecified atom stereocenters. The lowest BCUT2D eigenvalue weighted by Gasteiger charge is -2.19. The molecule has 0 bridgehead atoms. The zero-order valence-electron chi connectivity index (χ0n) is 10.1. The maximum atomic E-state index is 12.0. The molecule has 4 heteroatoms. The smallest absolute Gasteiger partial charge is 0.254 e. The molecule has 0 aromatic heterocycles. The van der Waals surface area contributed by atoms with Crippen molar-refractivity contribution >= 4 is 5.91 Å². The molecule has 1 aromatic carbocycles. The fraction of sp³-hybridized carbons (Fsp3) is 0.308. The van der Waals surface area contributed by atoms with Crippen LogP contribution in [0.3, 0.4) is 0 Å². The number of ether oxygens (including phenoxy) is 1. The van der Waals surface area contributed by atoms with Crippen LogP contribution in [-0.4, -0.2) is 36.1 Å². The molecule has 0 saturated carbocycles. The molecule has 92 valence electrons. The van der Waals surface area contributed by atoms with E-state index in [2.05, 4.69) is 6.58 Å². The van der Waals surface area contributed by atoms with Crippen molar-refractivity contribution in [2.75, 3.05) is 20.2 Å². The van der Waals surface area contributed by atoms with Gasteiger partial charge >= 0.3 is 0 Å². The Morgan fingerprint density at radius 2 is 2.29 bits per heavy atom. The standard InChI is InChI=1S/C13H17NO3/c1-4-8-14(5-2)13(16)10-6-7-12(17-3)11(15)9-10/h4,6-7,9,15H,1,5,8H2,2-3H3. The van der Waals surface area contributed by atoms with E-state index in [1.165, 1.54) is 13.2 Å². The van der Waals surface area contributed by atoms with E-state index in [-0.39, 0.29) is 11.7 Å². The number of hydrogen-bond donors (Lipinski definition) is 1. The Bertz CT molecular complexity index is 415. The van der Waals surface area contributed by atoms with E-state index in [9.17, 15) is 9.90 Å². The third-order valence-electron chi connectivity index (χ3n) is 2.44. The Balaban J connectivity index is 2.95. The van der Waals surface area contributed by atoms with Gasteiger partial charge in [-0.15, -0.1) is 6.58 Å². The average Bonchev–Trinajstić information content (AvgIpc) is 2.35. The van der Waals surface area contributed by atoms with Crippen LogP contribution >= 0.6 is 0 Å². The van der Waals surface area contributed by atoms with Gasteiger partial charge in [0.15, 0.2) is 11.5 Å². The molecule has 0 spiro atoms. The molecule has 4 nitrogen and oxygen atoms in total. The van der Waals surface area contributed by atoms with E-state index in [1.807, 2.05) is 6.92 Å². The summed E-state index contributed by atoms with van der Waals surface area (Å²) in [5.41, 5.74) is 0.437.